The van der Waals surface area contributed by atoms with Gasteiger partial charge in [-0.15, -0.1) is 0 Å². The molecule has 5 rings (SSSR count). The number of hydrogen-bond donors (Lipinski definition) is 2. The second kappa shape index (κ2) is 8.68. The number of nitrogens with one attached hydrogen (secondary N) is 2. The lowest BCUT2D eigenvalue weighted by molar-refractivity contribution is 0.0784. The lowest BCUT2D eigenvalue weighted by atomic mass is 9.97. The first kappa shape index (κ1) is 22.3. The van der Waals surface area contributed by atoms with Crippen molar-refractivity contribution in [2.45, 2.75) is 39.8 Å². The number of amides is 1. The molecule has 0 aliphatic carbocycles. The third-order valence-electron chi connectivity index (χ3n) is 6.20. The van der Waals surface area contributed by atoms with Gasteiger partial charge in [0.25, 0.3) is 5.91 Å². The number of hydrogen-bond acceptors (Lipinski definition) is 5. The van der Waals surface area contributed by atoms with Crippen LogP contribution in [0.25, 0.3) is 33.5 Å². The van der Waals surface area contributed by atoms with Gasteiger partial charge in [-0.05, 0) is 43.1 Å². The summed E-state index contributed by atoms with van der Waals surface area (Å²) in [6.45, 7) is 8.91. The zero-order valence-corrected chi connectivity index (χ0v) is 20.2. The zero-order valence-electron chi connectivity index (χ0n) is 20.2. The Morgan fingerprint density at radius 1 is 1.21 bits per heavy atom. The molecule has 1 atom stereocenters. The van der Waals surface area contributed by atoms with Crippen LogP contribution in [-0.4, -0.2) is 61.7 Å². The summed E-state index contributed by atoms with van der Waals surface area (Å²) in [7, 11) is 1.94. The number of likely N-dealkylation sites (N-methyl/N-ethyl adjacent to an activating group) is 1. The van der Waals surface area contributed by atoms with E-state index in [9.17, 15) is 4.79 Å². The Balaban J connectivity index is 1.39. The van der Waals surface area contributed by atoms with Gasteiger partial charge in [-0.3, -0.25) is 9.48 Å². The largest absolute Gasteiger partial charge is 0.339 e. The number of aromatic amines is 1. The monoisotopic (exact) mass is 457 g/mol. The summed E-state index contributed by atoms with van der Waals surface area (Å²) in [5, 5.41) is 8.75. The minimum atomic E-state index is -0.0233. The lowest BCUT2D eigenvalue weighted by Crippen LogP contribution is -2.33. The Morgan fingerprint density at radius 2 is 2.06 bits per heavy atom. The van der Waals surface area contributed by atoms with Gasteiger partial charge in [0, 0.05) is 54.6 Å². The van der Waals surface area contributed by atoms with Gasteiger partial charge >= 0.3 is 0 Å². The first-order chi connectivity index (χ1) is 16.3. The Bertz CT molecular complexity index is 1330. The highest BCUT2D eigenvalue weighted by Crippen LogP contribution is 2.27. The number of nitrogens with zero attached hydrogens (tertiary/aromatic N) is 5. The quantitative estimate of drug-likeness (QED) is 0.473. The van der Waals surface area contributed by atoms with Crippen molar-refractivity contribution in [3.63, 3.8) is 0 Å². The Hall–Kier alpha value is -3.52. The summed E-state index contributed by atoms with van der Waals surface area (Å²) in [4.78, 5) is 27.5. The Kier molecular flexibility index (Phi) is 5.69. The van der Waals surface area contributed by atoms with Gasteiger partial charge in [0.15, 0.2) is 0 Å². The van der Waals surface area contributed by atoms with E-state index in [0.29, 0.717) is 18.3 Å². The van der Waals surface area contributed by atoms with E-state index in [4.69, 9.17) is 0 Å². The molecule has 1 fully saturated rings. The zero-order chi connectivity index (χ0) is 23.9. The highest BCUT2D eigenvalue weighted by molar-refractivity contribution is 5.93. The van der Waals surface area contributed by atoms with Crippen LogP contribution in [0.3, 0.4) is 0 Å². The van der Waals surface area contributed by atoms with Crippen molar-refractivity contribution in [1.29, 1.82) is 0 Å². The fourth-order valence-electron chi connectivity index (χ4n) is 4.44. The molecule has 8 nitrogen and oxygen atoms in total. The first-order valence-electron chi connectivity index (χ1n) is 11.7. The maximum atomic E-state index is 13.0. The number of aromatic nitrogens is 5. The molecule has 1 unspecified atom stereocenters. The Labute approximate surface area is 199 Å². The highest BCUT2D eigenvalue weighted by atomic mass is 16.2. The van der Waals surface area contributed by atoms with Crippen LogP contribution in [0.15, 0.2) is 48.9 Å². The SMILES string of the molecule is CNC1CCN(C(=O)c2cccc(-c3cnc4[nH]c(-c5cnn(CC(C)(C)C)c5)cc4c3)n2)C1. The van der Waals surface area contributed by atoms with Gasteiger partial charge < -0.3 is 15.2 Å². The summed E-state index contributed by atoms with van der Waals surface area (Å²) in [6.07, 6.45) is 6.71. The molecule has 5 heterocycles. The van der Waals surface area contributed by atoms with Crippen LogP contribution < -0.4 is 5.32 Å². The molecular weight excluding hydrogens is 426 g/mol. The molecule has 0 bridgehead atoms. The first-order valence-corrected chi connectivity index (χ1v) is 11.7. The van der Waals surface area contributed by atoms with Crippen molar-refractivity contribution in [2.75, 3.05) is 20.1 Å². The molecule has 4 aromatic heterocycles. The van der Waals surface area contributed by atoms with Crippen LogP contribution in [0.4, 0.5) is 0 Å². The van der Waals surface area contributed by atoms with Gasteiger partial charge in [0.1, 0.15) is 11.3 Å². The summed E-state index contributed by atoms with van der Waals surface area (Å²) >= 11 is 0. The van der Waals surface area contributed by atoms with E-state index in [-0.39, 0.29) is 11.3 Å². The van der Waals surface area contributed by atoms with Gasteiger partial charge in [0.2, 0.25) is 0 Å². The number of fused-ring (bicyclic) bond motifs is 1. The third kappa shape index (κ3) is 4.59. The summed E-state index contributed by atoms with van der Waals surface area (Å²) in [5.74, 6) is -0.0233. The van der Waals surface area contributed by atoms with Crippen molar-refractivity contribution in [2.24, 2.45) is 5.41 Å². The molecule has 4 aromatic rings. The molecule has 0 spiro atoms. The average molecular weight is 458 g/mol. The van der Waals surface area contributed by atoms with E-state index in [0.717, 1.165) is 53.1 Å². The number of likely N-dealkylation sites (tertiary alicyclic amines) is 1. The summed E-state index contributed by atoms with van der Waals surface area (Å²) in [6, 6.07) is 10.1. The molecule has 0 aromatic carbocycles. The number of rotatable bonds is 5. The highest BCUT2D eigenvalue weighted by Gasteiger charge is 2.26. The van der Waals surface area contributed by atoms with Crippen LogP contribution in [0.2, 0.25) is 0 Å². The van der Waals surface area contributed by atoms with Crippen molar-refractivity contribution < 1.29 is 4.79 Å². The summed E-state index contributed by atoms with van der Waals surface area (Å²) in [5.41, 5.74) is 5.06. The van der Waals surface area contributed by atoms with E-state index in [1.807, 2.05) is 35.0 Å². The molecular formula is C26H31N7O. The molecule has 0 saturated carbocycles. The topological polar surface area (TPSA) is 91.7 Å². The predicted molar refractivity (Wildman–Crippen MR) is 133 cm³/mol. The maximum Gasteiger partial charge on any atom is 0.272 e. The van der Waals surface area contributed by atoms with Crippen molar-refractivity contribution in [3.8, 4) is 22.5 Å². The van der Waals surface area contributed by atoms with Crippen LogP contribution in [0, 0.1) is 5.41 Å². The Morgan fingerprint density at radius 3 is 2.82 bits per heavy atom. The molecule has 176 valence electrons. The molecule has 1 saturated heterocycles. The minimum absolute atomic E-state index is 0.0233. The summed E-state index contributed by atoms with van der Waals surface area (Å²) < 4.78 is 1.98. The number of pyridine rings is 2. The molecule has 1 amide bonds. The normalized spacial score (nSPS) is 16.5. The number of carbonyl (C=O) groups excluding carboxylic acids is 1. The molecule has 0 radical (unpaired) electrons. The standard InChI is InChI=1S/C26H31N7O/c1-26(2,3)16-33-14-19(13-29-33)23-11-17-10-18(12-28-24(17)31-23)21-6-5-7-22(30-21)25(34)32-9-8-20(15-32)27-4/h5-7,10-14,20,27H,8-9,15-16H2,1-4H3,(H,28,31). The van der Waals surface area contributed by atoms with Crippen LogP contribution in [0.5, 0.6) is 0 Å². The van der Waals surface area contributed by atoms with Crippen molar-refractivity contribution in [3.05, 3.63) is 54.6 Å². The molecule has 1 aliphatic heterocycles. The molecule has 34 heavy (non-hydrogen) atoms. The molecule has 1 aliphatic rings. The van der Waals surface area contributed by atoms with Crippen molar-refractivity contribution in [1.82, 2.24) is 34.9 Å². The smallest absolute Gasteiger partial charge is 0.272 e. The van der Waals surface area contributed by atoms with Crippen LogP contribution >= 0.6 is 0 Å². The van der Waals surface area contributed by atoms with E-state index in [2.05, 4.69) is 64.5 Å². The van der Waals surface area contributed by atoms with E-state index < -0.39 is 0 Å². The fraction of sp³-hybridized carbons (Fsp3) is 0.385. The molecule has 2 N–H and O–H groups in total. The van der Waals surface area contributed by atoms with Gasteiger partial charge in [-0.1, -0.05) is 26.8 Å². The van der Waals surface area contributed by atoms with Crippen LogP contribution in [-0.2, 0) is 6.54 Å². The van der Waals surface area contributed by atoms with Crippen molar-refractivity contribution >= 4 is 16.9 Å². The van der Waals surface area contributed by atoms with E-state index in [1.165, 1.54) is 0 Å². The predicted octanol–water partition coefficient (Wildman–Crippen LogP) is 3.97. The minimum Gasteiger partial charge on any atom is -0.339 e. The second-order valence-corrected chi connectivity index (χ2v) is 10.3. The van der Waals surface area contributed by atoms with Gasteiger partial charge in [-0.25, -0.2) is 9.97 Å². The lowest BCUT2D eigenvalue weighted by Gasteiger charge is -2.17. The number of H-pyrrole nitrogens is 1. The average Bonchev–Trinajstić information content (AvgIpc) is 3.56. The van der Waals surface area contributed by atoms with Gasteiger partial charge in [0.05, 0.1) is 17.6 Å². The fourth-order valence-corrected chi connectivity index (χ4v) is 4.44. The van der Waals surface area contributed by atoms with Gasteiger partial charge in [-0.2, -0.15) is 5.10 Å². The van der Waals surface area contributed by atoms with E-state index in [1.54, 1.807) is 12.3 Å². The van der Waals surface area contributed by atoms with E-state index >= 15 is 0 Å². The second-order valence-electron chi connectivity index (χ2n) is 10.3. The number of carbonyl (C=O) groups is 1. The molecule has 8 heteroatoms. The van der Waals surface area contributed by atoms with Crippen LogP contribution in [0.1, 0.15) is 37.7 Å². The third-order valence-corrected chi connectivity index (χ3v) is 6.20. The maximum absolute atomic E-state index is 13.0.